The summed E-state index contributed by atoms with van der Waals surface area (Å²) in [5.74, 6) is -2.17. The fraction of sp³-hybridized carbons (Fsp3) is 0.118. The Kier molecular flexibility index (Phi) is 6.61. The van der Waals surface area contributed by atoms with Crippen molar-refractivity contribution in [2.24, 2.45) is 0 Å². The quantitative estimate of drug-likeness (QED) is 0.544. The van der Waals surface area contributed by atoms with Gasteiger partial charge in [0, 0.05) is 6.07 Å². The summed E-state index contributed by atoms with van der Waals surface area (Å²) in [5.41, 5.74) is -0.227. The maximum atomic E-state index is 13.6. The Morgan fingerprint density at radius 2 is 1.97 bits per heavy atom. The zero-order valence-electron chi connectivity index (χ0n) is 15.1. The number of nitrogens with one attached hydrogen (secondary N) is 2. The van der Waals surface area contributed by atoms with Gasteiger partial charge in [-0.3, -0.25) is 4.79 Å². The highest BCUT2D eigenvalue weighted by Gasteiger charge is 2.19. The molecule has 0 atom stereocenters. The van der Waals surface area contributed by atoms with Crippen LogP contribution < -0.4 is 14.8 Å². The fourth-order valence-corrected chi connectivity index (χ4v) is 4.34. The van der Waals surface area contributed by atoms with Crippen LogP contribution in [-0.2, 0) is 16.6 Å². The van der Waals surface area contributed by atoms with Gasteiger partial charge in [0.1, 0.15) is 22.4 Å². The van der Waals surface area contributed by atoms with Crippen molar-refractivity contribution < 1.29 is 26.7 Å². The minimum atomic E-state index is -3.91. The van der Waals surface area contributed by atoms with Crippen molar-refractivity contribution in [1.82, 2.24) is 14.9 Å². The minimum Gasteiger partial charge on any atom is -0.495 e. The van der Waals surface area contributed by atoms with Crippen LogP contribution in [0.2, 0.25) is 5.02 Å². The van der Waals surface area contributed by atoms with Crippen LogP contribution in [0, 0.1) is 11.6 Å². The number of methoxy groups -OCH3 is 1. The molecule has 1 heterocycles. The summed E-state index contributed by atoms with van der Waals surface area (Å²) < 4.78 is 58.7. The highest BCUT2D eigenvalue weighted by atomic mass is 35.5. The van der Waals surface area contributed by atoms with Gasteiger partial charge in [-0.15, -0.1) is 10.2 Å². The average Bonchev–Trinajstić information content (AvgIpc) is 3.18. The predicted molar refractivity (Wildman–Crippen MR) is 106 cm³/mol. The number of halogens is 3. The molecule has 0 saturated carbocycles. The molecule has 0 unspecified atom stereocenters. The van der Waals surface area contributed by atoms with Gasteiger partial charge in [-0.05, 0) is 30.3 Å². The van der Waals surface area contributed by atoms with Crippen molar-refractivity contribution in [1.29, 1.82) is 0 Å². The second kappa shape index (κ2) is 9.00. The van der Waals surface area contributed by atoms with E-state index in [9.17, 15) is 22.0 Å². The van der Waals surface area contributed by atoms with Crippen LogP contribution in [0.15, 0.2) is 41.3 Å². The number of benzene rings is 2. The van der Waals surface area contributed by atoms with Crippen LogP contribution in [0.1, 0.15) is 14.8 Å². The number of carbonyl (C=O) groups excluding carboxylic acids is 1. The van der Waals surface area contributed by atoms with E-state index in [4.69, 9.17) is 16.3 Å². The molecule has 0 aliphatic rings. The number of hydrogen-bond acceptors (Lipinski definition) is 7. The zero-order valence-corrected chi connectivity index (χ0v) is 17.5. The van der Waals surface area contributed by atoms with E-state index in [-0.39, 0.29) is 32.2 Å². The van der Waals surface area contributed by atoms with Crippen molar-refractivity contribution in [2.45, 2.75) is 11.4 Å². The average molecular weight is 475 g/mol. The van der Waals surface area contributed by atoms with E-state index in [0.29, 0.717) is 11.8 Å². The van der Waals surface area contributed by atoms with E-state index < -0.39 is 27.6 Å². The Hall–Kier alpha value is -2.67. The van der Waals surface area contributed by atoms with E-state index in [1.54, 1.807) is 0 Å². The summed E-state index contributed by atoms with van der Waals surface area (Å²) in [6.07, 6.45) is 0. The van der Waals surface area contributed by atoms with Gasteiger partial charge in [0.25, 0.3) is 5.91 Å². The zero-order chi connectivity index (χ0) is 21.9. The van der Waals surface area contributed by atoms with Gasteiger partial charge in [0.15, 0.2) is 0 Å². The molecule has 0 aliphatic carbocycles. The summed E-state index contributed by atoms with van der Waals surface area (Å²) in [7, 11) is -2.51. The third-order valence-corrected chi connectivity index (χ3v) is 6.30. The van der Waals surface area contributed by atoms with Gasteiger partial charge in [-0.1, -0.05) is 22.9 Å². The van der Waals surface area contributed by atoms with Crippen LogP contribution in [0.3, 0.4) is 0 Å². The molecule has 2 N–H and O–H groups in total. The van der Waals surface area contributed by atoms with Crippen LogP contribution >= 0.6 is 22.9 Å². The molecular weight excluding hydrogens is 462 g/mol. The lowest BCUT2D eigenvalue weighted by atomic mass is 10.3. The van der Waals surface area contributed by atoms with Crippen molar-refractivity contribution in [3.05, 3.63) is 63.1 Å². The Morgan fingerprint density at radius 1 is 1.20 bits per heavy atom. The van der Waals surface area contributed by atoms with E-state index >= 15 is 0 Å². The first-order valence-electron chi connectivity index (χ1n) is 8.11. The highest BCUT2D eigenvalue weighted by molar-refractivity contribution is 7.89. The molecule has 0 aliphatic heterocycles. The molecule has 13 heteroatoms. The van der Waals surface area contributed by atoms with E-state index in [1.807, 2.05) is 0 Å². The van der Waals surface area contributed by atoms with Gasteiger partial charge in [-0.2, -0.15) is 0 Å². The second-order valence-electron chi connectivity index (χ2n) is 5.70. The number of anilines is 1. The molecule has 0 fully saturated rings. The number of rotatable bonds is 7. The molecule has 158 valence electrons. The second-order valence-corrected chi connectivity index (χ2v) is 8.94. The van der Waals surface area contributed by atoms with Crippen LogP contribution in [-0.4, -0.2) is 31.6 Å². The molecule has 0 bridgehead atoms. The van der Waals surface area contributed by atoms with Gasteiger partial charge in [0.05, 0.1) is 29.3 Å². The van der Waals surface area contributed by atoms with Crippen LogP contribution in [0.4, 0.5) is 14.5 Å². The van der Waals surface area contributed by atoms with Crippen molar-refractivity contribution >= 4 is 44.6 Å². The summed E-state index contributed by atoms with van der Waals surface area (Å²) in [5, 5.41) is 9.84. The van der Waals surface area contributed by atoms with Crippen LogP contribution in [0.5, 0.6) is 5.75 Å². The number of sulfonamides is 1. The van der Waals surface area contributed by atoms with Crippen molar-refractivity contribution in [3.8, 4) is 5.75 Å². The third-order valence-electron chi connectivity index (χ3n) is 3.69. The lowest BCUT2D eigenvalue weighted by Crippen LogP contribution is -2.23. The Bertz CT molecular complexity index is 1200. The summed E-state index contributed by atoms with van der Waals surface area (Å²) in [4.78, 5) is 12.1. The number of nitrogens with zero attached hydrogens (tertiary/aromatic N) is 2. The summed E-state index contributed by atoms with van der Waals surface area (Å²) in [6.45, 7) is -0.234. The maximum absolute atomic E-state index is 13.6. The summed E-state index contributed by atoms with van der Waals surface area (Å²) >= 11 is 6.76. The lowest BCUT2D eigenvalue weighted by Gasteiger charge is -2.07. The smallest absolute Gasteiger partial charge is 0.286 e. The van der Waals surface area contributed by atoms with E-state index in [2.05, 4.69) is 20.2 Å². The molecule has 3 rings (SSSR count). The molecule has 8 nitrogen and oxygen atoms in total. The molecule has 2 aromatic carbocycles. The van der Waals surface area contributed by atoms with Gasteiger partial charge in [0.2, 0.25) is 15.0 Å². The maximum Gasteiger partial charge on any atom is 0.286 e. The fourth-order valence-electron chi connectivity index (χ4n) is 2.24. The Labute approximate surface area is 178 Å². The topological polar surface area (TPSA) is 110 Å². The molecule has 1 amide bonds. The number of amides is 1. The van der Waals surface area contributed by atoms with Gasteiger partial charge >= 0.3 is 0 Å². The molecule has 0 spiro atoms. The van der Waals surface area contributed by atoms with Crippen LogP contribution in [0.25, 0.3) is 0 Å². The van der Waals surface area contributed by atoms with Crippen molar-refractivity contribution in [2.75, 3.05) is 12.4 Å². The third kappa shape index (κ3) is 5.08. The minimum absolute atomic E-state index is 0.0810. The standard InChI is InChI=1S/C17H13ClF2N4O4S2/c1-28-14-5-3-10(7-11(14)18)30(26,27)21-8-15-23-24-17(29-15)16(25)22-13-4-2-9(19)6-12(13)20/h2-7,21H,8H2,1H3,(H,22,25). The predicted octanol–water partition coefficient (Wildman–Crippen LogP) is 3.21. The number of carbonyl (C=O) groups is 1. The first kappa shape index (κ1) is 22.0. The SMILES string of the molecule is COc1ccc(S(=O)(=O)NCc2nnc(C(=O)Nc3ccc(F)cc3F)s2)cc1Cl. The van der Waals surface area contributed by atoms with E-state index in [1.165, 1.54) is 25.3 Å². The summed E-state index contributed by atoms with van der Waals surface area (Å²) in [6, 6.07) is 6.66. The van der Waals surface area contributed by atoms with Crippen molar-refractivity contribution in [3.63, 3.8) is 0 Å². The van der Waals surface area contributed by atoms with E-state index in [0.717, 1.165) is 23.5 Å². The molecule has 30 heavy (non-hydrogen) atoms. The molecule has 1 aromatic heterocycles. The molecular formula is C17H13ClF2N4O4S2. The van der Waals surface area contributed by atoms with Gasteiger partial charge < -0.3 is 10.1 Å². The Morgan fingerprint density at radius 3 is 2.63 bits per heavy atom. The first-order chi connectivity index (χ1) is 14.2. The normalized spacial score (nSPS) is 11.3. The molecule has 0 radical (unpaired) electrons. The first-order valence-corrected chi connectivity index (χ1v) is 10.8. The monoisotopic (exact) mass is 474 g/mol. The lowest BCUT2D eigenvalue weighted by molar-refractivity contribution is 0.102. The highest BCUT2D eigenvalue weighted by Crippen LogP contribution is 2.27. The largest absolute Gasteiger partial charge is 0.495 e. The Balaban J connectivity index is 1.66. The van der Waals surface area contributed by atoms with Gasteiger partial charge in [-0.25, -0.2) is 21.9 Å². The number of ether oxygens (including phenoxy) is 1. The molecule has 3 aromatic rings. The molecule has 0 saturated heterocycles. The number of aromatic nitrogens is 2. The number of hydrogen-bond donors (Lipinski definition) is 2.